The molecule has 0 radical (unpaired) electrons. The minimum Gasteiger partial charge on any atom is -0.464 e. The quantitative estimate of drug-likeness (QED) is 0.570. The molecule has 3 N–H and O–H groups in total. The van der Waals surface area contributed by atoms with Gasteiger partial charge in [0.25, 0.3) is 0 Å². The van der Waals surface area contributed by atoms with Crippen LogP contribution < -0.4 is 10.3 Å². The number of pyridine rings is 2. The van der Waals surface area contributed by atoms with Crippen molar-refractivity contribution in [2.24, 2.45) is 0 Å². The van der Waals surface area contributed by atoms with Crippen LogP contribution in [0.2, 0.25) is 0 Å². The van der Waals surface area contributed by atoms with Gasteiger partial charge in [0.1, 0.15) is 5.65 Å². The summed E-state index contributed by atoms with van der Waals surface area (Å²) in [4.78, 5) is 29.8. The molecule has 0 spiro atoms. The third-order valence-electron chi connectivity index (χ3n) is 4.38. The van der Waals surface area contributed by atoms with E-state index in [2.05, 4.69) is 14.7 Å². The van der Waals surface area contributed by atoms with Crippen molar-refractivity contribution in [3.05, 3.63) is 64.6 Å². The number of hydrogen-bond donors (Lipinski definition) is 3. The van der Waals surface area contributed by atoms with Crippen LogP contribution in [-0.4, -0.2) is 39.4 Å². The molecule has 3 aromatic rings. The van der Waals surface area contributed by atoms with Crippen molar-refractivity contribution in [1.29, 1.82) is 0 Å². The summed E-state index contributed by atoms with van der Waals surface area (Å²) < 4.78 is 27.6. The summed E-state index contributed by atoms with van der Waals surface area (Å²) in [7, 11) is -4.23. The van der Waals surface area contributed by atoms with Gasteiger partial charge in [0.15, 0.2) is 0 Å². The Labute approximate surface area is 173 Å². The van der Waals surface area contributed by atoms with Crippen LogP contribution in [-0.2, 0) is 16.8 Å². The monoisotopic (exact) mass is 430 g/mol. The third-order valence-corrected chi connectivity index (χ3v) is 6.07. The minimum atomic E-state index is -4.23. The highest BCUT2D eigenvalue weighted by molar-refractivity contribution is 7.87. The summed E-state index contributed by atoms with van der Waals surface area (Å²) in [5.41, 5.74) is 1.52. The van der Waals surface area contributed by atoms with E-state index in [1.807, 2.05) is 18.2 Å². The average molecular weight is 430 g/mol. The number of nitrogens with one attached hydrogen (secondary N) is 2. The highest BCUT2D eigenvalue weighted by Crippen LogP contribution is 2.26. The molecule has 9 nitrogen and oxygen atoms in total. The van der Waals surface area contributed by atoms with Crippen molar-refractivity contribution >= 4 is 27.3 Å². The lowest BCUT2D eigenvalue weighted by Crippen LogP contribution is -2.53. The number of rotatable bonds is 5. The molecule has 0 atom stereocenters. The van der Waals surface area contributed by atoms with Gasteiger partial charge < -0.3 is 10.1 Å². The van der Waals surface area contributed by atoms with Gasteiger partial charge in [-0.05, 0) is 49.6 Å². The van der Waals surface area contributed by atoms with Gasteiger partial charge in [0.2, 0.25) is 5.56 Å². The van der Waals surface area contributed by atoms with Crippen LogP contribution in [0.5, 0.6) is 0 Å². The predicted molar refractivity (Wildman–Crippen MR) is 113 cm³/mol. The molecular formula is C20H22N4O5S. The smallest absolute Gasteiger partial charge is 0.422 e. The highest BCUT2D eigenvalue weighted by Gasteiger charge is 2.36. The second-order valence-corrected chi connectivity index (χ2v) is 9.29. The Hall–Kier alpha value is -3.24. The van der Waals surface area contributed by atoms with Crippen molar-refractivity contribution in [3.8, 4) is 11.1 Å². The lowest BCUT2D eigenvalue weighted by Gasteiger charge is -2.31. The molecule has 3 rings (SSSR count). The van der Waals surface area contributed by atoms with Gasteiger partial charge in [-0.15, -0.1) is 0 Å². The van der Waals surface area contributed by atoms with E-state index in [9.17, 15) is 23.1 Å². The zero-order valence-electron chi connectivity index (χ0n) is 16.7. The summed E-state index contributed by atoms with van der Waals surface area (Å²) in [6.07, 6.45) is 0.0516. The van der Waals surface area contributed by atoms with Crippen molar-refractivity contribution in [2.75, 3.05) is 0 Å². The van der Waals surface area contributed by atoms with Gasteiger partial charge in [0, 0.05) is 24.2 Å². The summed E-state index contributed by atoms with van der Waals surface area (Å²) in [5, 5.41) is 10.1. The molecule has 0 fully saturated rings. The summed E-state index contributed by atoms with van der Waals surface area (Å²) >= 11 is 0. The van der Waals surface area contributed by atoms with Gasteiger partial charge in [-0.3, -0.25) is 4.79 Å². The van der Waals surface area contributed by atoms with E-state index in [-0.39, 0.29) is 12.1 Å². The normalized spacial score (nSPS) is 12.1. The number of hydrogen-bond acceptors (Lipinski definition) is 5. The third kappa shape index (κ3) is 4.50. The van der Waals surface area contributed by atoms with Crippen LogP contribution in [0, 0.1) is 0 Å². The standard InChI is InChI=1S/C20H22N4O5S/c1-20(2,3)24(19(26)27)30(28,29)22-12-13-4-6-14(7-5-13)15-10-11-21-18-16(15)8-9-17(25)23-18/h4-11,22H,12H2,1-3H3,(H,26,27)(H,21,23,25). The average Bonchev–Trinajstić information content (AvgIpc) is 2.64. The first-order chi connectivity index (χ1) is 14.0. The largest absolute Gasteiger partial charge is 0.464 e. The van der Waals surface area contributed by atoms with E-state index in [0.717, 1.165) is 16.5 Å². The van der Waals surface area contributed by atoms with Crippen molar-refractivity contribution in [2.45, 2.75) is 32.9 Å². The maximum absolute atomic E-state index is 12.5. The predicted octanol–water partition coefficient (Wildman–Crippen LogP) is 2.70. The molecule has 2 heterocycles. The SMILES string of the molecule is CC(C)(C)N(C(=O)O)S(=O)(=O)NCc1ccc(-c2ccnc3[nH]c(=O)ccc23)cc1. The number of H-pyrrole nitrogens is 1. The number of carboxylic acid groups (broad SMARTS) is 1. The zero-order valence-corrected chi connectivity index (χ0v) is 17.5. The van der Waals surface area contributed by atoms with E-state index < -0.39 is 21.8 Å². The van der Waals surface area contributed by atoms with Gasteiger partial charge in [-0.1, -0.05) is 24.3 Å². The van der Waals surface area contributed by atoms with Crippen molar-refractivity contribution in [1.82, 2.24) is 19.0 Å². The second-order valence-electron chi connectivity index (χ2n) is 7.68. The first kappa shape index (κ1) is 21.5. The fraction of sp³-hybridized carbons (Fsp3) is 0.250. The van der Waals surface area contributed by atoms with Crippen LogP contribution in [0.1, 0.15) is 26.3 Å². The van der Waals surface area contributed by atoms with Gasteiger partial charge in [-0.25, -0.2) is 9.78 Å². The molecule has 2 aromatic heterocycles. The Morgan fingerprint density at radius 1 is 1.13 bits per heavy atom. The molecule has 1 amide bonds. The van der Waals surface area contributed by atoms with E-state index in [1.165, 1.54) is 26.8 Å². The fourth-order valence-electron chi connectivity index (χ4n) is 3.10. The lowest BCUT2D eigenvalue weighted by atomic mass is 10.0. The van der Waals surface area contributed by atoms with Crippen LogP contribution in [0.15, 0.2) is 53.5 Å². The fourth-order valence-corrected chi connectivity index (χ4v) is 4.51. The molecule has 0 aliphatic carbocycles. The molecule has 0 aliphatic rings. The number of aromatic nitrogens is 2. The summed E-state index contributed by atoms with van der Waals surface area (Å²) in [6.45, 7) is 4.44. The lowest BCUT2D eigenvalue weighted by molar-refractivity contribution is 0.145. The van der Waals surface area contributed by atoms with E-state index in [4.69, 9.17) is 0 Å². The molecule has 0 saturated carbocycles. The molecule has 0 bridgehead atoms. The zero-order chi connectivity index (χ0) is 22.1. The number of aromatic amines is 1. The van der Waals surface area contributed by atoms with E-state index >= 15 is 0 Å². The number of fused-ring (bicyclic) bond motifs is 1. The Kier molecular flexibility index (Phi) is 5.64. The Balaban J connectivity index is 1.82. The highest BCUT2D eigenvalue weighted by atomic mass is 32.2. The molecule has 1 aromatic carbocycles. The summed E-state index contributed by atoms with van der Waals surface area (Å²) in [5.74, 6) is 0. The number of benzene rings is 1. The molecule has 158 valence electrons. The van der Waals surface area contributed by atoms with Crippen LogP contribution in [0.3, 0.4) is 0 Å². The number of carbonyl (C=O) groups is 1. The van der Waals surface area contributed by atoms with Gasteiger partial charge in [0.05, 0.1) is 5.54 Å². The molecule has 0 unspecified atom stereocenters. The molecular weight excluding hydrogens is 408 g/mol. The Morgan fingerprint density at radius 2 is 1.80 bits per heavy atom. The summed E-state index contributed by atoms with van der Waals surface area (Å²) in [6, 6.07) is 12.1. The Morgan fingerprint density at radius 3 is 2.40 bits per heavy atom. The van der Waals surface area contributed by atoms with Gasteiger partial charge >= 0.3 is 16.3 Å². The Bertz CT molecular complexity index is 1240. The maximum Gasteiger partial charge on any atom is 0.422 e. The van der Waals surface area contributed by atoms with Crippen LogP contribution in [0.4, 0.5) is 4.79 Å². The van der Waals surface area contributed by atoms with Crippen molar-refractivity contribution in [3.63, 3.8) is 0 Å². The number of amides is 1. The van der Waals surface area contributed by atoms with E-state index in [0.29, 0.717) is 15.5 Å². The van der Waals surface area contributed by atoms with Crippen LogP contribution in [0.25, 0.3) is 22.2 Å². The number of nitrogens with zero attached hydrogens (tertiary/aromatic N) is 2. The first-order valence-corrected chi connectivity index (χ1v) is 10.5. The van der Waals surface area contributed by atoms with Crippen LogP contribution >= 0.6 is 0 Å². The minimum absolute atomic E-state index is 0.0626. The topological polar surface area (TPSA) is 132 Å². The molecule has 0 aliphatic heterocycles. The molecule has 0 saturated heterocycles. The van der Waals surface area contributed by atoms with Crippen molar-refractivity contribution < 1.29 is 18.3 Å². The van der Waals surface area contributed by atoms with E-state index in [1.54, 1.807) is 24.4 Å². The van der Waals surface area contributed by atoms with Gasteiger partial charge in [-0.2, -0.15) is 17.4 Å². The first-order valence-electron chi connectivity index (χ1n) is 9.09. The second kappa shape index (κ2) is 7.88. The maximum atomic E-state index is 12.5. The molecule has 30 heavy (non-hydrogen) atoms. The molecule has 10 heteroatoms.